The molecule has 2 N–H and O–H groups in total. The number of aliphatic hydroxyl groups excluding tert-OH is 1. The highest BCUT2D eigenvalue weighted by Gasteiger charge is 2.10. The fourth-order valence-electron chi connectivity index (χ4n) is 2.06. The number of hydrogen-bond donors (Lipinski definition) is 2. The molecule has 1 heterocycles. The number of nitrogens with zero attached hydrogens (tertiary/aromatic N) is 2. The normalized spacial score (nSPS) is 12.5. The van der Waals surface area contributed by atoms with Crippen molar-refractivity contribution in [2.24, 2.45) is 0 Å². The number of aromatic nitrogens is 2. The molecule has 1 unspecified atom stereocenters. The van der Waals surface area contributed by atoms with Gasteiger partial charge in [0.05, 0.1) is 12.4 Å². The first-order chi connectivity index (χ1) is 9.77. The summed E-state index contributed by atoms with van der Waals surface area (Å²) in [6.07, 6.45) is 6.75. The fraction of sp³-hybridized carbons (Fsp3) is 0.400. The van der Waals surface area contributed by atoms with Crippen molar-refractivity contribution in [1.82, 2.24) is 14.9 Å². The average molecular weight is 277 g/mol. The van der Waals surface area contributed by atoms with Crippen LogP contribution in [-0.2, 0) is 6.54 Å². The summed E-state index contributed by atoms with van der Waals surface area (Å²) in [5, 5.41) is 13.0. The van der Waals surface area contributed by atoms with Crippen LogP contribution in [0.25, 0.3) is 0 Å². The fourth-order valence-corrected chi connectivity index (χ4v) is 2.06. The molecule has 0 saturated carbocycles. The van der Waals surface area contributed by atoms with Crippen LogP contribution in [0.4, 0.5) is 4.39 Å². The van der Waals surface area contributed by atoms with E-state index in [-0.39, 0.29) is 5.82 Å². The minimum absolute atomic E-state index is 0.346. The lowest BCUT2D eigenvalue weighted by atomic mass is 10.1. The van der Waals surface area contributed by atoms with Crippen molar-refractivity contribution < 1.29 is 9.50 Å². The number of benzene rings is 1. The summed E-state index contributed by atoms with van der Waals surface area (Å²) < 4.78 is 15.5. The minimum atomic E-state index is -0.801. The molecule has 2 aromatic rings. The van der Waals surface area contributed by atoms with Crippen LogP contribution in [0.3, 0.4) is 0 Å². The van der Waals surface area contributed by atoms with Gasteiger partial charge in [0.25, 0.3) is 0 Å². The van der Waals surface area contributed by atoms with Gasteiger partial charge in [0, 0.05) is 31.0 Å². The number of nitrogens with one attached hydrogen (secondary N) is 1. The SMILES string of the molecule is OC(CNCCCCn1ccnc1)c1ccccc1F. The zero-order valence-corrected chi connectivity index (χ0v) is 11.4. The van der Waals surface area contributed by atoms with Crippen LogP contribution in [0.2, 0.25) is 0 Å². The molecular formula is C15H20FN3O. The summed E-state index contributed by atoms with van der Waals surface area (Å²) in [6, 6.07) is 6.33. The van der Waals surface area contributed by atoms with Crippen molar-refractivity contribution in [3.8, 4) is 0 Å². The molecule has 0 radical (unpaired) electrons. The highest BCUT2D eigenvalue weighted by Crippen LogP contribution is 2.15. The smallest absolute Gasteiger partial charge is 0.129 e. The average Bonchev–Trinajstić information content (AvgIpc) is 2.96. The molecule has 5 heteroatoms. The third kappa shape index (κ3) is 4.43. The first kappa shape index (κ1) is 14.7. The standard InChI is InChI=1S/C15H20FN3O/c16-14-6-2-1-5-13(14)15(20)11-17-7-3-4-9-19-10-8-18-12-19/h1-2,5-6,8,10,12,15,17,20H,3-4,7,9,11H2. The van der Waals surface area contributed by atoms with Crippen LogP contribution in [0, 0.1) is 5.82 Å². The molecule has 0 bridgehead atoms. The van der Waals surface area contributed by atoms with Gasteiger partial charge in [0.2, 0.25) is 0 Å². The Morgan fingerprint density at radius 3 is 2.90 bits per heavy atom. The second-order valence-electron chi connectivity index (χ2n) is 4.75. The number of unbranched alkanes of at least 4 members (excludes halogenated alkanes) is 1. The van der Waals surface area contributed by atoms with Gasteiger partial charge in [-0.2, -0.15) is 0 Å². The van der Waals surface area contributed by atoms with Gasteiger partial charge in [-0.05, 0) is 25.5 Å². The minimum Gasteiger partial charge on any atom is -0.387 e. The van der Waals surface area contributed by atoms with E-state index in [9.17, 15) is 9.50 Å². The molecule has 0 spiro atoms. The van der Waals surface area contributed by atoms with E-state index >= 15 is 0 Å². The molecule has 1 atom stereocenters. The molecule has 0 saturated heterocycles. The molecule has 4 nitrogen and oxygen atoms in total. The van der Waals surface area contributed by atoms with Crippen molar-refractivity contribution in [3.63, 3.8) is 0 Å². The van der Waals surface area contributed by atoms with E-state index in [0.29, 0.717) is 12.1 Å². The molecule has 20 heavy (non-hydrogen) atoms. The molecule has 0 aliphatic heterocycles. The van der Waals surface area contributed by atoms with Crippen LogP contribution in [0.5, 0.6) is 0 Å². The van der Waals surface area contributed by atoms with Crippen molar-refractivity contribution in [2.75, 3.05) is 13.1 Å². The van der Waals surface area contributed by atoms with E-state index in [0.717, 1.165) is 25.9 Å². The van der Waals surface area contributed by atoms with E-state index in [1.165, 1.54) is 6.07 Å². The lowest BCUT2D eigenvalue weighted by molar-refractivity contribution is 0.170. The molecule has 0 aliphatic rings. The molecule has 0 aliphatic carbocycles. The van der Waals surface area contributed by atoms with Crippen LogP contribution in [-0.4, -0.2) is 27.7 Å². The maximum Gasteiger partial charge on any atom is 0.129 e. The van der Waals surface area contributed by atoms with Crippen molar-refractivity contribution in [1.29, 1.82) is 0 Å². The van der Waals surface area contributed by atoms with Crippen LogP contribution in [0.15, 0.2) is 43.0 Å². The Balaban J connectivity index is 1.60. The summed E-state index contributed by atoms with van der Waals surface area (Å²) in [5.41, 5.74) is 0.346. The Morgan fingerprint density at radius 2 is 2.15 bits per heavy atom. The molecule has 2 rings (SSSR count). The predicted molar refractivity (Wildman–Crippen MR) is 75.7 cm³/mol. The molecular weight excluding hydrogens is 257 g/mol. The van der Waals surface area contributed by atoms with Gasteiger partial charge in [-0.15, -0.1) is 0 Å². The summed E-state index contributed by atoms with van der Waals surface area (Å²) in [4.78, 5) is 3.98. The number of aryl methyl sites for hydroxylation is 1. The monoisotopic (exact) mass is 277 g/mol. The van der Waals surface area contributed by atoms with Gasteiger partial charge in [-0.3, -0.25) is 0 Å². The van der Waals surface area contributed by atoms with Crippen LogP contribution < -0.4 is 5.32 Å². The first-order valence-corrected chi connectivity index (χ1v) is 6.86. The lowest BCUT2D eigenvalue weighted by Gasteiger charge is -2.13. The second-order valence-corrected chi connectivity index (χ2v) is 4.75. The van der Waals surface area contributed by atoms with Crippen molar-refractivity contribution >= 4 is 0 Å². The molecule has 1 aromatic carbocycles. The Morgan fingerprint density at radius 1 is 1.30 bits per heavy atom. The zero-order chi connectivity index (χ0) is 14.2. The summed E-state index contributed by atoms with van der Waals surface area (Å²) in [7, 11) is 0. The maximum absolute atomic E-state index is 13.4. The maximum atomic E-state index is 13.4. The number of aliphatic hydroxyl groups is 1. The molecule has 0 amide bonds. The Bertz CT molecular complexity index is 502. The van der Waals surface area contributed by atoms with Crippen molar-refractivity contribution in [2.45, 2.75) is 25.5 Å². The third-order valence-corrected chi connectivity index (χ3v) is 3.18. The van der Waals surface area contributed by atoms with E-state index in [1.54, 1.807) is 30.7 Å². The second kappa shape index (κ2) is 7.77. The van der Waals surface area contributed by atoms with Crippen molar-refractivity contribution in [3.05, 3.63) is 54.4 Å². The predicted octanol–water partition coefficient (Wildman–Crippen LogP) is 2.13. The van der Waals surface area contributed by atoms with Gasteiger partial charge in [0.15, 0.2) is 0 Å². The number of hydrogen-bond acceptors (Lipinski definition) is 3. The highest BCUT2D eigenvalue weighted by molar-refractivity contribution is 5.19. The largest absolute Gasteiger partial charge is 0.387 e. The Kier molecular flexibility index (Phi) is 5.70. The summed E-state index contributed by atoms with van der Waals surface area (Å²) >= 11 is 0. The summed E-state index contributed by atoms with van der Waals surface area (Å²) in [6.45, 7) is 2.11. The van der Waals surface area contributed by atoms with E-state index in [2.05, 4.69) is 10.3 Å². The first-order valence-electron chi connectivity index (χ1n) is 6.86. The molecule has 108 valence electrons. The number of imidazole rings is 1. The topological polar surface area (TPSA) is 50.1 Å². The van der Waals surface area contributed by atoms with Gasteiger partial charge >= 0.3 is 0 Å². The van der Waals surface area contributed by atoms with Crippen LogP contribution in [0.1, 0.15) is 24.5 Å². The summed E-state index contributed by atoms with van der Waals surface area (Å²) in [5.74, 6) is -0.359. The van der Waals surface area contributed by atoms with Gasteiger partial charge in [-0.25, -0.2) is 9.37 Å². The highest BCUT2D eigenvalue weighted by atomic mass is 19.1. The van der Waals surface area contributed by atoms with Gasteiger partial charge in [0.1, 0.15) is 5.82 Å². The van der Waals surface area contributed by atoms with Gasteiger partial charge < -0.3 is 15.0 Å². The van der Waals surface area contributed by atoms with E-state index < -0.39 is 6.10 Å². The Hall–Kier alpha value is -1.72. The Labute approximate surface area is 118 Å². The number of rotatable bonds is 8. The lowest BCUT2D eigenvalue weighted by Crippen LogP contribution is -2.23. The molecule has 1 aromatic heterocycles. The quantitative estimate of drug-likeness (QED) is 0.727. The van der Waals surface area contributed by atoms with E-state index in [1.807, 2.05) is 10.8 Å². The molecule has 0 fully saturated rings. The number of halogens is 1. The van der Waals surface area contributed by atoms with Crippen LogP contribution >= 0.6 is 0 Å². The van der Waals surface area contributed by atoms with Gasteiger partial charge in [-0.1, -0.05) is 18.2 Å². The van der Waals surface area contributed by atoms with E-state index in [4.69, 9.17) is 0 Å². The third-order valence-electron chi connectivity index (χ3n) is 3.18. The zero-order valence-electron chi connectivity index (χ0n) is 11.4.